The van der Waals surface area contributed by atoms with Gasteiger partial charge in [0.25, 0.3) is 11.8 Å². The van der Waals surface area contributed by atoms with Gasteiger partial charge in [-0.25, -0.2) is 4.79 Å². The lowest BCUT2D eigenvalue weighted by Gasteiger charge is -2.26. The van der Waals surface area contributed by atoms with Gasteiger partial charge >= 0.3 is 6.03 Å². The van der Waals surface area contributed by atoms with Crippen molar-refractivity contribution in [2.45, 2.75) is 6.54 Å². The Morgan fingerprint density at radius 3 is 2.52 bits per heavy atom. The van der Waals surface area contributed by atoms with E-state index >= 15 is 0 Å². The molecule has 1 saturated heterocycles. The van der Waals surface area contributed by atoms with Crippen LogP contribution in [0.15, 0.2) is 42.0 Å². The number of urea groups is 1. The van der Waals surface area contributed by atoms with E-state index in [1.807, 2.05) is 0 Å². The zero-order chi connectivity index (χ0) is 20.5. The monoisotopic (exact) mass is 414 g/mol. The van der Waals surface area contributed by atoms with Crippen molar-refractivity contribution in [3.8, 4) is 17.2 Å². The second-order valence-corrected chi connectivity index (χ2v) is 6.69. The van der Waals surface area contributed by atoms with Crippen LogP contribution in [0.25, 0.3) is 6.08 Å². The maximum absolute atomic E-state index is 12.9. The number of benzene rings is 2. The van der Waals surface area contributed by atoms with E-state index in [0.29, 0.717) is 28.4 Å². The number of ether oxygens (including phenoxy) is 3. The van der Waals surface area contributed by atoms with Crippen molar-refractivity contribution in [3.05, 3.63) is 58.1 Å². The van der Waals surface area contributed by atoms with E-state index in [-0.39, 0.29) is 23.9 Å². The first-order chi connectivity index (χ1) is 14.0. The Hall–Kier alpha value is -3.52. The predicted molar refractivity (Wildman–Crippen MR) is 103 cm³/mol. The van der Waals surface area contributed by atoms with E-state index in [4.69, 9.17) is 25.8 Å². The number of imide groups is 2. The summed E-state index contributed by atoms with van der Waals surface area (Å²) < 4.78 is 15.6. The average molecular weight is 415 g/mol. The van der Waals surface area contributed by atoms with Crippen molar-refractivity contribution < 1.29 is 28.6 Å². The summed E-state index contributed by atoms with van der Waals surface area (Å²) in [5.41, 5.74) is 0.885. The summed E-state index contributed by atoms with van der Waals surface area (Å²) >= 11 is 6.23. The highest BCUT2D eigenvalue weighted by Gasteiger charge is 2.36. The van der Waals surface area contributed by atoms with Gasteiger partial charge in [-0.2, -0.15) is 0 Å². The summed E-state index contributed by atoms with van der Waals surface area (Å²) in [5.74, 6) is 0.0726. The first-order valence-electron chi connectivity index (χ1n) is 8.57. The van der Waals surface area contributed by atoms with E-state index in [1.54, 1.807) is 43.5 Å². The fourth-order valence-corrected chi connectivity index (χ4v) is 3.16. The molecule has 2 aliphatic rings. The Kier molecular flexibility index (Phi) is 4.85. The number of nitrogens with zero attached hydrogens (tertiary/aromatic N) is 1. The number of carbonyl (C=O) groups is 3. The number of barbiturate groups is 1. The molecule has 2 aromatic carbocycles. The molecule has 0 aromatic heterocycles. The highest BCUT2D eigenvalue weighted by atomic mass is 35.5. The first-order valence-corrected chi connectivity index (χ1v) is 8.95. The number of methoxy groups -OCH3 is 1. The van der Waals surface area contributed by atoms with Crippen LogP contribution in [0.3, 0.4) is 0 Å². The maximum atomic E-state index is 12.9. The highest BCUT2D eigenvalue weighted by molar-refractivity contribution is 6.34. The van der Waals surface area contributed by atoms with Crippen LogP contribution in [0.5, 0.6) is 17.2 Å². The molecule has 2 aromatic rings. The minimum atomic E-state index is -0.792. The van der Waals surface area contributed by atoms with Gasteiger partial charge in [-0.1, -0.05) is 23.7 Å². The summed E-state index contributed by atoms with van der Waals surface area (Å²) in [6, 6.07) is 9.22. The first kappa shape index (κ1) is 18.8. The van der Waals surface area contributed by atoms with Crippen LogP contribution < -0.4 is 19.5 Å². The smallest absolute Gasteiger partial charge is 0.331 e. The van der Waals surface area contributed by atoms with Crippen LogP contribution in [-0.2, 0) is 16.1 Å². The van der Waals surface area contributed by atoms with E-state index in [2.05, 4.69) is 5.32 Å². The van der Waals surface area contributed by atoms with Crippen LogP contribution in [0.2, 0.25) is 5.02 Å². The van der Waals surface area contributed by atoms with E-state index < -0.39 is 17.8 Å². The third-order valence-electron chi connectivity index (χ3n) is 4.48. The van der Waals surface area contributed by atoms with Crippen LogP contribution in [0.1, 0.15) is 11.1 Å². The largest absolute Gasteiger partial charge is 0.497 e. The zero-order valence-corrected chi connectivity index (χ0v) is 16.0. The molecule has 0 bridgehead atoms. The fraction of sp³-hybridized carbons (Fsp3) is 0.150. The molecule has 9 heteroatoms. The fourth-order valence-electron chi connectivity index (χ4n) is 2.95. The predicted octanol–water partition coefficient (Wildman–Crippen LogP) is 2.74. The molecule has 0 aliphatic carbocycles. The summed E-state index contributed by atoms with van der Waals surface area (Å²) in [6.07, 6.45) is 1.33. The molecule has 0 atom stereocenters. The Labute approximate surface area is 170 Å². The number of nitrogens with one attached hydrogen (secondary N) is 1. The van der Waals surface area contributed by atoms with Gasteiger partial charge < -0.3 is 14.2 Å². The van der Waals surface area contributed by atoms with Gasteiger partial charge in [-0.3, -0.25) is 19.8 Å². The average Bonchev–Trinajstić information content (AvgIpc) is 3.16. The Morgan fingerprint density at radius 2 is 1.83 bits per heavy atom. The van der Waals surface area contributed by atoms with Crippen molar-refractivity contribution in [1.29, 1.82) is 0 Å². The molecule has 29 heavy (non-hydrogen) atoms. The Morgan fingerprint density at radius 1 is 1.14 bits per heavy atom. The van der Waals surface area contributed by atoms with Crippen molar-refractivity contribution in [2.75, 3.05) is 13.9 Å². The summed E-state index contributed by atoms with van der Waals surface area (Å²) in [5, 5.41) is 2.46. The van der Waals surface area contributed by atoms with Crippen LogP contribution >= 0.6 is 11.6 Å². The van der Waals surface area contributed by atoms with Crippen LogP contribution in [0.4, 0.5) is 4.79 Å². The van der Waals surface area contributed by atoms with Crippen molar-refractivity contribution in [1.82, 2.24) is 10.2 Å². The third kappa shape index (κ3) is 3.62. The normalized spacial score (nSPS) is 17.0. The molecule has 4 rings (SSSR count). The number of fused-ring (bicyclic) bond motifs is 1. The van der Waals surface area contributed by atoms with Crippen molar-refractivity contribution in [2.24, 2.45) is 0 Å². The van der Waals surface area contributed by atoms with Crippen molar-refractivity contribution in [3.63, 3.8) is 0 Å². The standard InChI is InChI=1S/C20H15ClN2O6/c1-27-13-4-2-11(3-5-13)9-23-19(25)14(18(24)22-20(23)26)6-12-7-16-17(8-15(12)21)29-10-28-16/h2-8H,9-10H2,1H3,(H,22,24,26)/b14-6-. The van der Waals surface area contributed by atoms with Gasteiger partial charge in [-0.05, 0) is 35.4 Å². The number of hydrogen-bond acceptors (Lipinski definition) is 6. The molecule has 1 fully saturated rings. The number of carbonyl (C=O) groups excluding carboxylic acids is 3. The minimum absolute atomic E-state index is 0.00580. The molecular formula is C20H15ClN2O6. The Balaban J connectivity index is 1.63. The second kappa shape index (κ2) is 7.48. The number of hydrogen-bond donors (Lipinski definition) is 1. The highest BCUT2D eigenvalue weighted by Crippen LogP contribution is 2.37. The summed E-state index contributed by atoms with van der Waals surface area (Å²) in [4.78, 5) is 38.3. The topological polar surface area (TPSA) is 94.2 Å². The van der Waals surface area contributed by atoms with Gasteiger partial charge in [0, 0.05) is 6.07 Å². The van der Waals surface area contributed by atoms with Crippen LogP contribution in [0, 0.1) is 0 Å². The number of rotatable bonds is 4. The molecular weight excluding hydrogens is 400 g/mol. The minimum Gasteiger partial charge on any atom is -0.497 e. The van der Waals surface area contributed by atoms with E-state index in [9.17, 15) is 14.4 Å². The quantitative estimate of drug-likeness (QED) is 0.610. The number of amides is 4. The Bertz CT molecular complexity index is 1050. The van der Waals surface area contributed by atoms with Gasteiger partial charge in [0.15, 0.2) is 11.5 Å². The van der Waals surface area contributed by atoms with E-state index in [1.165, 1.54) is 6.08 Å². The van der Waals surface area contributed by atoms with Gasteiger partial charge in [0.05, 0.1) is 18.7 Å². The lowest BCUT2D eigenvalue weighted by atomic mass is 10.1. The molecule has 2 aliphatic heterocycles. The van der Waals surface area contributed by atoms with Crippen molar-refractivity contribution >= 4 is 35.5 Å². The lowest BCUT2D eigenvalue weighted by Crippen LogP contribution is -2.53. The zero-order valence-electron chi connectivity index (χ0n) is 15.2. The van der Waals surface area contributed by atoms with Gasteiger partial charge in [0.2, 0.25) is 6.79 Å². The molecule has 0 unspecified atom stereocenters. The molecule has 0 saturated carbocycles. The lowest BCUT2D eigenvalue weighted by molar-refractivity contribution is -0.130. The summed E-state index contributed by atoms with van der Waals surface area (Å²) in [7, 11) is 1.54. The third-order valence-corrected chi connectivity index (χ3v) is 4.80. The van der Waals surface area contributed by atoms with Crippen LogP contribution in [-0.4, -0.2) is 36.6 Å². The molecule has 4 amide bonds. The SMILES string of the molecule is COc1ccc(CN2C(=O)NC(=O)/C(=C/c3cc4c(cc3Cl)OCO4)C2=O)cc1. The molecule has 0 spiro atoms. The molecule has 1 N–H and O–H groups in total. The van der Waals surface area contributed by atoms with E-state index in [0.717, 1.165) is 4.90 Å². The van der Waals surface area contributed by atoms with Gasteiger partial charge in [0.1, 0.15) is 11.3 Å². The maximum Gasteiger partial charge on any atom is 0.331 e. The van der Waals surface area contributed by atoms with Gasteiger partial charge in [-0.15, -0.1) is 0 Å². The molecule has 148 valence electrons. The molecule has 2 heterocycles. The second-order valence-electron chi connectivity index (χ2n) is 6.28. The molecule has 0 radical (unpaired) electrons. The molecule has 8 nitrogen and oxygen atoms in total. The summed E-state index contributed by atoms with van der Waals surface area (Å²) in [6.45, 7) is 0.0589. The number of halogens is 1.